The van der Waals surface area contributed by atoms with E-state index < -0.39 is 6.03 Å². The van der Waals surface area contributed by atoms with Crippen LogP contribution in [0.4, 0.5) is 4.79 Å². The average molecular weight is 355 g/mol. The van der Waals surface area contributed by atoms with Crippen LogP contribution < -0.4 is 10.9 Å². The van der Waals surface area contributed by atoms with Gasteiger partial charge in [0, 0.05) is 10.4 Å². The van der Waals surface area contributed by atoms with Gasteiger partial charge in [-0.3, -0.25) is 10.2 Å². The number of hydrogen-bond donors (Lipinski definition) is 2. The molecule has 3 rings (SSSR count). The topological polar surface area (TPSA) is 74.6 Å². The van der Waals surface area contributed by atoms with Crippen LogP contribution in [0.5, 0.6) is 0 Å². The van der Waals surface area contributed by atoms with Crippen molar-refractivity contribution < 1.29 is 14.0 Å². The number of hydrazine groups is 1. The molecule has 0 spiro atoms. The normalized spacial score (nSPS) is 10.2. The molecule has 0 saturated carbocycles. The molecule has 0 aliphatic rings. The van der Waals surface area contributed by atoms with Crippen molar-refractivity contribution in [1.29, 1.82) is 0 Å². The second-order valence-corrected chi connectivity index (χ2v) is 6.30. The summed E-state index contributed by atoms with van der Waals surface area (Å²) in [5.74, 6) is 0.295. The molecule has 25 heavy (non-hydrogen) atoms. The van der Waals surface area contributed by atoms with Crippen molar-refractivity contribution in [1.82, 2.24) is 15.8 Å². The third kappa shape index (κ3) is 4.71. The lowest BCUT2D eigenvalue weighted by molar-refractivity contribution is 0.0928. The number of carbonyl (C=O) groups is 2. The Hall–Kier alpha value is -3.06. The zero-order chi connectivity index (χ0) is 17.5. The largest absolute Gasteiger partial charge is 0.467 e. The second kappa shape index (κ2) is 8.16. The standard InChI is InChI=1S/C18H17N3O3S/c22-17(14-6-2-1-3-7-14)19-20-18(23)21(12-15-8-4-10-24-15)13-16-9-5-11-25-16/h1-11H,12-13H2,(H,19,22)(H,20,23). The molecule has 0 saturated heterocycles. The Labute approximate surface area is 149 Å². The molecule has 0 bridgehead atoms. The van der Waals surface area contributed by atoms with Gasteiger partial charge in [-0.1, -0.05) is 24.3 Å². The van der Waals surface area contributed by atoms with Gasteiger partial charge in [-0.25, -0.2) is 10.2 Å². The Kier molecular flexibility index (Phi) is 5.48. The average Bonchev–Trinajstić information content (AvgIpc) is 3.33. The minimum Gasteiger partial charge on any atom is -0.467 e. The fraction of sp³-hybridized carbons (Fsp3) is 0.111. The first-order valence-corrected chi connectivity index (χ1v) is 8.55. The summed E-state index contributed by atoms with van der Waals surface area (Å²) in [7, 11) is 0. The molecular formula is C18H17N3O3S. The molecule has 1 aromatic carbocycles. The molecule has 6 nitrogen and oxygen atoms in total. The van der Waals surface area contributed by atoms with Crippen LogP contribution in [0.25, 0.3) is 0 Å². The molecule has 7 heteroatoms. The summed E-state index contributed by atoms with van der Waals surface area (Å²) in [5, 5.41) is 1.95. The summed E-state index contributed by atoms with van der Waals surface area (Å²) in [5.41, 5.74) is 5.36. The highest BCUT2D eigenvalue weighted by Crippen LogP contribution is 2.14. The summed E-state index contributed by atoms with van der Waals surface area (Å²) in [6.45, 7) is 0.726. The van der Waals surface area contributed by atoms with Crippen molar-refractivity contribution in [3.8, 4) is 0 Å². The van der Waals surface area contributed by atoms with E-state index in [1.807, 2.05) is 23.6 Å². The zero-order valence-corrected chi connectivity index (χ0v) is 14.2. The summed E-state index contributed by atoms with van der Waals surface area (Å²) < 4.78 is 5.32. The van der Waals surface area contributed by atoms with Crippen LogP contribution in [-0.2, 0) is 13.1 Å². The van der Waals surface area contributed by atoms with Crippen molar-refractivity contribution in [3.63, 3.8) is 0 Å². The van der Waals surface area contributed by atoms with Gasteiger partial charge in [0.25, 0.3) is 5.91 Å². The van der Waals surface area contributed by atoms with E-state index in [0.717, 1.165) is 4.88 Å². The highest BCUT2D eigenvalue weighted by molar-refractivity contribution is 7.09. The van der Waals surface area contributed by atoms with E-state index in [9.17, 15) is 9.59 Å². The lowest BCUT2D eigenvalue weighted by Gasteiger charge is -2.21. The SMILES string of the molecule is O=C(NNC(=O)N(Cc1ccco1)Cc1cccs1)c1ccccc1. The third-order valence-corrected chi connectivity index (χ3v) is 4.32. The summed E-state index contributed by atoms with van der Waals surface area (Å²) >= 11 is 1.56. The first kappa shape index (κ1) is 16.8. The number of nitrogens with zero attached hydrogens (tertiary/aromatic N) is 1. The Morgan fingerprint density at radius 2 is 1.80 bits per heavy atom. The fourth-order valence-electron chi connectivity index (χ4n) is 2.23. The minimum atomic E-state index is -0.408. The van der Waals surface area contributed by atoms with Crippen LogP contribution in [0.1, 0.15) is 21.0 Å². The molecule has 3 aromatic rings. The number of hydrogen-bond acceptors (Lipinski definition) is 4. The monoisotopic (exact) mass is 355 g/mol. The van der Waals surface area contributed by atoms with Gasteiger partial charge in [-0.2, -0.15) is 0 Å². The molecule has 0 fully saturated rings. The molecule has 0 atom stereocenters. The summed E-state index contributed by atoms with van der Waals surface area (Å²) in [6, 6.07) is 15.7. The van der Waals surface area contributed by atoms with E-state index in [2.05, 4.69) is 10.9 Å². The molecule has 2 aromatic heterocycles. The molecule has 128 valence electrons. The van der Waals surface area contributed by atoms with E-state index in [1.165, 1.54) is 0 Å². The van der Waals surface area contributed by atoms with Gasteiger partial charge in [0.05, 0.1) is 19.4 Å². The first-order valence-electron chi connectivity index (χ1n) is 7.67. The highest BCUT2D eigenvalue weighted by atomic mass is 32.1. The molecular weight excluding hydrogens is 338 g/mol. The molecule has 2 heterocycles. The molecule has 0 unspecified atom stereocenters. The van der Waals surface area contributed by atoms with Crippen LogP contribution in [0.2, 0.25) is 0 Å². The summed E-state index contributed by atoms with van der Waals surface area (Å²) in [4.78, 5) is 27.1. The lowest BCUT2D eigenvalue weighted by Crippen LogP contribution is -2.48. The molecule has 3 amide bonds. The quantitative estimate of drug-likeness (QED) is 0.689. The van der Waals surface area contributed by atoms with E-state index in [1.54, 1.807) is 58.9 Å². The van der Waals surface area contributed by atoms with Gasteiger partial charge in [-0.05, 0) is 35.7 Å². The van der Waals surface area contributed by atoms with Crippen molar-refractivity contribution >= 4 is 23.3 Å². The summed E-state index contributed by atoms with van der Waals surface area (Å²) in [6.07, 6.45) is 1.56. The number of thiophene rings is 1. The van der Waals surface area contributed by atoms with Crippen molar-refractivity contribution in [3.05, 3.63) is 82.4 Å². The Balaban J connectivity index is 1.62. The van der Waals surface area contributed by atoms with E-state index in [4.69, 9.17) is 4.42 Å². The highest BCUT2D eigenvalue weighted by Gasteiger charge is 2.17. The smallest absolute Gasteiger partial charge is 0.336 e. The van der Waals surface area contributed by atoms with Gasteiger partial charge in [0.2, 0.25) is 0 Å². The maximum Gasteiger partial charge on any atom is 0.336 e. The van der Waals surface area contributed by atoms with Crippen molar-refractivity contribution in [2.24, 2.45) is 0 Å². The number of nitrogens with one attached hydrogen (secondary N) is 2. The number of carbonyl (C=O) groups excluding carboxylic acids is 2. The van der Waals surface area contributed by atoms with Gasteiger partial charge in [-0.15, -0.1) is 11.3 Å². The van der Waals surface area contributed by atoms with E-state index in [-0.39, 0.29) is 5.91 Å². The van der Waals surface area contributed by atoms with Crippen LogP contribution in [0.3, 0.4) is 0 Å². The van der Waals surface area contributed by atoms with Gasteiger partial charge in [0.1, 0.15) is 5.76 Å². The number of benzene rings is 1. The second-order valence-electron chi connectivity index (χ2n) is 5.27. The Morgan fingerprint density at radius 1 is 0.960 bits per heavy atom. The molecule has 0 radical (unpaired) electrons. The number of amides is 3. The Morgan fingerprint density at radius 3 is 2.48 bits per heavy atom. The van der Waals surface area contributed by atoms with Crippen LogP contribution in [-0.4, -0.2) is 16.8 Å². The van der Waals surface area contributed by atoms with Crippen molar-refractivity contribution in [2.75, 3.05) is 0 Å². The van der Waals surface area contributed by atoms with Crippen LogP contribution in [0, 0.1) is 0 Å². The van der Waals surface area contributed by atoms with Crippen LogP contribution >= 0.6 is 11.3 Å². The molecule has 2 N–H and O–H groups in total. The van der Waals surface area contributed by atoms with Gasteiger partial charge < -0.3 is 9.32 Å². The third-order valence-electron chi connectivity index (χ3n) is 3.46. The number of furan rings is 1. The lowest BCUT2D eigenvalue weighted by atomic mass is 10.2. The predicted molar refractivity (Wildman–Crippen MR) is 94.7 cm³/mol. The zero-order valence-electron chi connectivity index (χ0n) is 13.3. The molecule has 0 aliphatic heterocycles. The van der Waals surface area contributed by atoms with Crippen LogP contribution in [0.15, 0.2) is 70.7 Å². The van der Waals surface area contributed by atoms with Crippen molar-refractivity contribution in [2.45, 2.75) is 13.1 Å². The van der Waals surface area contributed by atoms with Gasteiger partial charge >= 0.3 is 6.03 Å². The first-order chi connectivity index (χ1) is 12.2. The Bertz CT molecular complexity index is 765. The maximum absolute atomic E-state index is 12.5. The number of rotatable bonds is 5. The maximum atomic E-state index is 12.5. The molecule has 0 aliphatic carbocycles. The van der Waals surface area contributed by atoms with E-state index in [0.29, 0.717) is 24.4 Å². The van der Waals surface area contributed by atoms with Gasteiger partial charge in [0.15, 0.2) is 0 Å². The predicted octanol–water partition coefficient (Wildman–Crippen LogP) is 3.40. The van der Waals surface area contributed by atoms with E-state index >= 15 is 0 Å². The minimum absolute atomic E-state index is 0.304. The number of urea groups is 1. The fourth-order valence-corrected chi connectivity index (χ4v) is 2.95.